The lowest BCUT2D eigenvalue weighted by Crippen LogP contribution is -2.32. The fourth-order valence-electron chi connectivity index (χ4n) is 4.86. The first kappa shape index (κ1) is 18.8. The van der Waals surface area contributed by atoms with Crippen molar-refractivity contribution in [2.75, 3.05) is 0 Å². The summed E-state index contributed by atoms with van der Waals surface area (Å²) in [5, 5.41) is 0. The fraction of sp³-hybridized carbons (Fsp3) is 0.0690. The Balaban J connectivity index is 1.66. The number of benzene rings is 4. The highest BCUT2D eigenvalue weighted by molar-refractivity contribution is 6.16. The molecule has 6 rings (SSSR count). The van der Waals surface area contributed by atoms with Crippen molar-refractivity contribution < 1.29 is 14.3 Å². The molecule has 1 saturated heterocycles. The minimum absolute atomic E-state index is 0.386. The molecule has 1 spiro atoms. The van der Waals surface area contributed by atoms with Gasteiger partial charge in [-0.15, -0.1) is 0 Å². The Hall–Kier alpha value is -3.95. The van der Waals surface area contributed by atoms with Crippen LogP contribution in [0.2, 0.25) is 0 Å². The van der Waals surface area contributed by atoms with Crippen molar-refractivity contribution in [2.45, 2.75) is 11.2 Å². The molecule has 1 atom stereocenters. The van der Waals surface area contributed by atoms with Crippen LogP contribution in [0.25, 0.3) is 11.3 Å². The van der Waals surface area contributed by atoms with Gasteiger partial charge in [0.1, 0.15) is 5.76 Å². The molecule has 154 valence electrons. The highest BCUT2D eigenvalue weighted by Gasteiger charge is 2.82. The summed E-state index contributed by atoms with van der Waals surface area (Å²) in [6, 6.07) is 39.5. The molecule has 3 heteroatoms. The highest BCUT2D eigenvalue weighted by Crippen LogP contribution is 2.69. The summed E-state index contributed by atoms with van der Waals surface area (Å²) in [4.78, 5) is 13.7. The monoisotopic (exact) mass is 416 g/mol. The summed E-state index contributed by atoms with van der Waals surface area (Å²) in [5.74, 6) is 0.165. The third-order valence-corrected chi connectivity index (χ3v) is 6.28. The van der Waals surface area contributed by atoms with E-state index in [1.165, 1.54) is 0 Å². The first-order valence-electron chi connectivity index (χ1n) is 10.7. The molecule has 4 aromatic carbocycles. The van der Waals surface area contributed by atoms with Gasteiger partial charge in [0.05, 0.1) is 0 Å². The first-order chi connectivity index (χ1) is 15.8. The molecule has 2 aliphatic rings. The van der Waals surface area contributed by atoms with Crippen LogP contribution in [0.5, 0.6) is 0 Å². The van der Waals surface area contributed by atoms with E-state index in [1.54, 1.807) is 0 Å². The van der Waals surface area contributed by atoms with E-state index in [-0.39, 0.29) is 5.97 Å². The molecule has 1 fully saturated rings. The van der Waals surface area contributed by atoms with Gasteiger partial charge in [0, 0.05) is 11.1 Å². The number of hydrogen-bond donors (Lipinski definition) is 0. The molecule has 0 bridgehead atoms. The Bertz CT molecular complexity index is 1270. The summed E-state index contributed by atoms with van der Waals surface area (Å²) >= 11 is 0. The van der Waals surface area contributed by atoms with Crippen molar-refractivity contribution >= 4 is 17.3 Å². The molecule has 0 saturated carbocycles. The van der Waals surface area contributed by atoms with Gasteiger partial charge < -0.3 is 9.47 Å². The fourth-order valence-corrected chi connectivity index (χ4v) is 4.86. The summed E-state index contributed by atoms with van der Waals surface area (Å²) in [7, 11) is 0. The van der Waals surface area contributed by atoms with E-state index >= 15 is 0 Å². The van der Waals surface area contributed by atoms with Gasteiger partial charge in [-0.3, -0.25) is 0 Å². The van der Waals surface area contributed by atoms with Crippen molar-refractivity contribution in [2.24, 2.45) is 0 Å². The second-order valence-corrected chi connectivity index (χ2v) is 8.02. The zero-order chi connectivity index (χ0) is 21.6. The Morgan fingerprint density at radius 1 is 0.500 bits per heavy atom. The van der Waals surface area contributed by atoms with Crippen LogP contribution in [0.1, 0.15) is 22.3 Å². The van der Waals surface area contributed by atoms with Crippen LogP contribution in [0.4, 0.5) is 0 Å². The summed E-state index contributed by atoms with van der Waals surface area (Å²) in [6.45, 7) is 0. The van der Waals surface area contributed by atoms with Crippen molar-refractivity contribution in [1.29, 1.82) is 0 Å². The van der Waals surface area contributed by atoms with E-state index in [0.29, 0.717) is 5.76 Å². The highest BCUT2D eigenvalue weighted by atomic mass is 16.7. The third kappa shape index (κ3) is 2.49. The van der Waals surface area contributed by atoms with Crippen LogP contribution in [-0.2, 0) is 19.9 Å². The van der Waals surface area contributed by atoms with Crippen molar-refractivity contribution in [3.8, 4) is 0 Å². The van der Waals surface area contributed by atoms with Gasteiger partial charge in [-0.25, -0.2) is 4.79 Å². The van der Waals surface area contributed by atoms with Crippen molar-refractivity contribution in [3.63, 3.8) is 0 Å². The minimum Gasteiger partial charge on any atom is -0.423 e. The quantitative estimate of drug-likeness (QED) is 0.311. The maximum absolute atomic E-state index is 13.7. The summed E-state index contributed by atoms with van der Waals surface area (Å²) in [6.07, 6.45) is 0. The molecule has 32 heavy (non-hydrogen) atoms. The number of carbonyl (C=O) groups excluding carboxylic acids is 1. The molecule has 0 unspecified atom stereocenters. The van der Waals surface area contributed by atoms with Gasteiger partial charge in [-0.1, -0.05) is 121 Å². The Kier molecular flexibility index (Phi) is 4.14. The standard InChI is InChI=1S/C29H20O3/c30-27-29(28(32-29,23-17-9-3-10-18-23)24-19-11-4-12-20-24)25(21-13-5-1-6-14-21)26(31-27)22-15-7-2-8-16-22/h1-20H/t29-/m0/s1. The summed E-state index contributed by atoms with van der Waals surface area (Å²) in [5.41, 5.74) is 2.14. The number of carbonyl (C=O) groups is 1. The maximum atomic E-state index is 13.7. The minimum atomic E-state index is -1.26. The van der Waals surface area contributed by atoms with Crippen molar-refractivity contribution in [3.05, 3.63) is 144 Å². The van der Waals surface area contributed by atoms with Crippen LogP contribution in [0.15, 0.2) is 121 Å². The number of epoxide rings is 1. The molecule has 0 amide bonds. The smallest absolute Gasteiger partial charge is 0.352 e. The van der Waals surface area contributed by atoms with E-state index in [0.717, 1.165) is 27.8 Å². The number of cyclic esters (lactones) is 1. The zero-order valence-corrected chi connectivity index (χ0v) is 17.3. The number of rotatable bonds is 4. The molecule has 0 aliphatic carbocycles. The maximum Gasteiger partial charge on any atom is 0.352 e. The lowest BCUT2D eigenvalue weighted by atomic mass is 9.75. The molecule has 2 aliphatic heterocycles. The van der Waals surface area contributed by atoms with E-state index in [2.05, 4.69) is 0 Å². The third-order valence-electron chi connectivity index (χ3n) is 6.28. The predicted molar refractivity (Wildman–Crippen MR) is 123 cm³/mol. The Morgan fingerprint density at radius 2 is 0.938 bits per heavy atom. The van der Waals surface area contributed by atoms with E-state index in [9.17, 15) is 4.79 Å². The Labute approximate surface area is 186 Å². The zero-order valence-electron chi connectivity index (χ0n) is 17.3. The number of esters is 1. The van der Waals surface area contributed by atoms with Gasteiger partial charge in [0.2, 0.25) is 5.60 Å². The van der Waals surface area contributed by atoms with E-state index in [1.807, 2.05) is 121 Å². The van der Waals surface area contributed by atoms with Gasteiger partial charge >= 0.3 is 5.97 Å². The van der Waals surface area contributed by atoms with Gasteiger partial charge in [-0.05, 0) is 16.7 Å². The van der Waals surface area contributed by atoms with Crippen LogP contribution in [-0.4, -0.2) is 11.6 Å². The average molecular weight is 416 g/mol. The van der Waals surface area contributed by atoms with Crippen LogP contribution >= 0.6 is 0 Å². The van der Waals surface area contributed by atoms with Crippen LogP contribution in [0.3, 0.4) is 0 Å². The topological polar surface area (TPSA) is 38.8 Å². The molecule has 3 nitrogen and oxygen atoms in total. The molecule has 4 aromatic rings. The van der Waals surface area contributed by atoms with Crippen molar-refractivity contribution in [1.82, 2.24) is 0 Å². The molecule has 0 radical (unpaired) electrons. The lowest BCUT2D eigenvalue weighted by Gasteiger charge is -2.18. The van der Waals surface area contributed by atoms with E-state index in [4.69, 9.17) is 9.47 Å². The second-order valence-electron chi connectivity index (χ2n) is 8.02. The van der Waals surface area contributed by atoms with Crippen LogP contribution in [0, 0.1) is 0 Å². The lowest BCUT2D eigenvalue weighted by molar-refractivity contribution is -0.138. The average Bonchev–Trinajstić information content (AvgIpc) is 3.49. The number of ether oxygens (including phenoxy) is 2. The molecule has 0 N–H and O–H groups in total. The molecular weight excluding hydrogens is 396 g/mol. The number of hydrogen-bond acceptors (Lipinski definition) is 3. The Morgan fingerprint density at radius 3 is 1.44 bits per heavy atom. The van der Waals surface area contributed by atoms with Gasteiger partial charge in [0.25, 0.3) is 0 Å². The van der Waals surface area contributed by atoms with Crippen LogP contribution < -0.4 is 0 Å². The van der Waals surface area contributed by atoms with E-state index < -0.39 is 11.2 Å². The first-order valence-corrected chi connectivity index (χ1v) is 10.7. The molecule has 2 heterocycles. The summed E-state index contributed by atoms with van der Waals surface area (Å²) < 4.78 is 12.6. The van der Waals surface area contributed by atoms with Gasteiger partial charge in [0.15, 0.2) is 5.60 Å². The molecule has 0 aromatic heterocycles. The largest absolute Gasteiger partial charge is 0.423 e. The van der Waals surface area contributed by atoms with Gasteiger partial charge in [-0.2, -0.15) is 0 Å². The second kappa shape index (κ2) is 7.04. The predicted octanol–water partition coefficient (Wildman–Crippen LogP) is 5.82. The molecular formula is C29H20O3. The normalized spacial score (nSPS) is 20.9. The SMILES string of the molecule is O=C1OC(c2ccccc2)=C(c2ccccc2)[C@]12OC2(c1ccccc1)c1ccccc1.